The van der Waals surface area contributed by atoms with Crippen LogP contribution in [0.25, 0.3) is 10.9 Å². The van der Waals surface area contributed by atoms with Crippen LogP contribution in [0.4, 0.5) is 11.4 Å². The minimum absolute atomic E-state index is 0.153. The highest BCUT2D eigenvalue weighted by Gasteiger charge is 2.56. The van der Waals surface area contributed by atoms with Gasteiger partial charge in [0.2, 0.25) is 11.8 Å². The fourth-order valence-electron chi connectivity index (χ4n) is 10.5. The van der Waals surface area contributed by atoms with Gasteiger partial charge in [-0.05, 0) is 125 Å². The fraction of sp³-hybridized carbons (Fsp3) is 0.667. The summed E-state index contributed by atoms with van der Waals surface area (Å²) in [6.07, 6.45) is 17.3. The second kappa shape index (κ2) is 7.52. The number of fused-ring (bicyclic) bond motifs is 1. The molecule has 0 aliphatic heterocycles. The van der Waals surface area contributed by atoms with Crippen LogP contribution in [0.3, 0.4) is 0 Å². The van der Waals surface area contributed by atoms with Crippen molar-refractivity contribution in [2.45, 2.75) is 77.0 Å². The number of carbonyl (C=O) groups is 2. The molecule has 2 aromatic rings. The number of rotatable bonds is 4. The smallest absolute Gasteiger partial charge is 0.230 e. The van der Waals surface area contributed by atoms with Crippen molar-refractivity contribution in [3.63, 3.8) is 0 Å². The lowest BCUT2D eigenvalue weighted by molar-refractivity contribution is -0.141. The van der Waals surface area contributed by atoms with Gasteiger partial charge in [0.05, 0.1) is 27.7 Å². The van der Waals surface area contributed by atoms with E-state index in [0.717, 1.165) is 49.4 Å². The molecule has 188 valence electrons. The van der Waals surface area contributed by atoms with E-state index in [4.69, 9.17) is 0 Å². The molecule has 1 heterocycles. The largest absolute Gasteiger partial charge is 0.324 e. The Hall–Kier alpha value is -2.50. The monoisotopic (exact) mass is 484 g/mol. The Balaban J connectivity index is 1.11. The molecule has 36 heavy (non-hydrogen) atoms. The number of benzene rings is 1. The van der Waals surface area contributed by atoms with Crippen LogP contribution in [0.15, 0.2) is 24.7 Å². The molecule has 0 radical (unpaired) electrons. The van der Waals surface area contributed by atoms with Gasteiger partial charge in [-0.3, -0.25) is 9.59 Å². The molecule has 6 heteroatoms. The summed E-state index contributed by atoms with van der Waals surface area (Å²) >= 11 is 0. The van der Waals surface area contributed by atoms with Gasteiger partial charge < -0.3 is 10.6 Å². The Kier molecular flexibility index (Phi) is 4.50. The predicted octanol–water partition coefficient (Wildman–Crippen LogP) is 5.94. The first-order valence-electron chi connectivity index (χ1n) is 14.3. The zero-order valence-electron chi connectivity index (χ0n) is 21.0. The van der Waals surface area contributed by atoms with Crippen molar-refractivity contribution in [1.82, 2.24) is 9.97 Å². The van der Waals surface area contributed by atoms with Crippen molar-refractivity contribution in [2.75, 3.05) is 10.6 Å². The van der Waals surface area contributed by atoms with Crippen molar-refractivity contribution in [2.24, 2.45) is 46.3 Å². The van der Waals surface area contributed by atoms with Gasteiger partial charge in [0.1, 0.15) is 6.33 Å². The molecule has 6 nitrogen and oxygen atoms in total. The van der Waals surface area contributed by atoms with E-state index in [9.17, 15) is 9.59 Å². The molecule has 2 N–H and O–H groups in total. The predicted molar refractivity (Wildman–Crippen MR) is 138 cm³/mol. The zero-order valence-corrected chi connectivity index (χ0v) is 21.0. The number of amides is 2. The van der Waals surface area contributed by atoms with E-state index in [1.165, 1.54) is 38.5 Å². The molecule has 8 fully saturated rings. The van der Waals surface area contributed by atoms with Crippen LogP contribution in [-0.4, -0.2) is 21.8 Å². The van der Waals surface area contributed by atoms with Gasteiger partial charge in [-0.1, -0.05) is 0 Å². The zero-order chi connectivity index (χ0) is 24.1. The molecule has 0 atom stereocenters. The summed E-state index contributed by atoms with van der Waals surface area (Å²) in [4.78, 5) is 36.4. The van der Waals surface area contributed by atoms with Crippen LogP contribution in [0.2, 0.25) is 0 Å². The summed E-state index contributed by atoms with van der Waals surface area (Å²) in [6.45, 7) is 0. The molecule has 1 aromatic heterocycles. The molecule has 0 spiro atoms. The molecule has 8 bridgehead atoms. The van der Waals surface area contributed by atoms with Crippen LogP contribution in [0.1, 0.15) is 77.0 Å². The number of hydrogen-bond donors (Lipinski definition) is 2. The van der Waals surface area contributed by atoms with Gasteiger partial charge >= 0.3 is 0 Å². The number of hydrogen-bond acceptors (Lipinski definition) is 4. The van der Waals surface area contributed by atoms with Gasteiger partial charge in [-0.15, -0.1) is 0 Å². The maximum absolute atomic E-state index is 13.9. The minimum atomic E-state index is -0.240. The first-order chi connectivity index (χ1) is 17.5. The topological polar surface area (TPSA) is 84.0 Å². The molecule has 2 amide bonds. The summed E-state index contributed by atoms with van der Waals surface area (Å²) in [7, 11) is 0. The SMILES string of the molecule is O=C(Nc1cc2cncnc2cc1NC(=O)C12CC3CC(CC(C3)C1)C2)C12CC3CC(CC(C3)C1)C2. The Morgan fingerprint density at radius 3 is 1.53 bits per heavy atom. The molecular formula is C30H36N4O2. The summed E-state index contributed by atoms with van der Waals surface area (Å²) in [5.41, 5.74) is 1.71. The average Bonchev–Trinajstić information content (AvgIpc) is 2.82. The molecule has 0 saturated heterocycles. The van der Waals surface area contributed by atoms with E-state index >= 15 is 0 Å². The van der Waals surface area contributed by atoms with Crippen LogP contribution < -0.4 is 10.6 Å². The lowest BCUT2D eigenvalue weighted by Crippen LogP contribution is -2.52. The van der Waals surface area contributed by atoms with E-state index in [-0.39, 0.29) is 22.6 Å². The molecular weight excluding hydrogens is 448 g/mol. The molecule has 10 rings (SSSR count). The maximum Gasteiger partial charge on any atom is 0.230 e. The van der Waals surface area contributed by atoms with E-state index in [2.05, 4.69) is 20.6 Å². The highest BCUT2D eigenvalue weighted by Crippen LogP contribution is 2.61. The maximum atomic E-state index is 13.9. The number of aromatic nitrogens is 2. The summed E-state index contributed by atoms with van der Waals surface area (Å²) in [5.74, 6) is 4.57. The highest BCUT2D eigenvalue weighted by molar-refractivity contribution is 6.06. The molecule has 8 aliphatic carbocycles. The summed E-state index contributed by atoms with van der Waals surface area (Å²) in [5, 5.41) is 7.54. The van der Waals surface area contributed by atoms with E-state index in [0.29, 0.717) is 46.9 Å². The standard InChI is InChI=1S/C30H36N4O2/c35-27(29-9-17-1-18(10-29)3-19(2-17)11-29)33-25-7-23-15-31-16-32-24(23)8-26(25)34-28(36)30-12-20-4-21(13-30)6-22(5-20)14-30/h7-8,15-22H,1-6,9-14H2,(H,33,35)(H,34,36). The van der Waals surface area contributed by atoms with Crippen molar-refractivity contribution in [3.8, 4) is 0 Å². The van der Waals surface area contributed by atoms with Crippen molar-refractivity contribution < 1.29 is 9.59 Å². The third-order valence-electron chi connectivity index (χ3n) is 11.2. The second-order valence-corrected chi connectivity index (χ2v) is 13.8. The Morgan fingerprint density at radius 2 is 1.08 bits per heavy atom. The third kappa shape index (κ3) is 3.28. The Morgan fingerprint density at radius 1 is 0.667 bits per heavy atom. The number of carbonyl (C=O) groups excluding carboxylic acids is 2. The Bertz CT molecular complexity index is 1100. The highest BCUT2D eigenvalue weighted by atomic mass is 16.2. The average molecular weight is 485 g/mol. The van der Waals surface area contributed by atoms with Crippen LogP contribution in [-0.2, 0) is 9.59 Å². The first kappa shape index (κ1) is 21.6. The van der Waals surface area contributed by atoms with Gasteiger partial charge in [0.15, 0.2) is 0 Å². The molecule has 1 aromatic carbocycles. The number of anilines is 2. The number of nitrogens with one attached hydrogen (secondary N) is 2. The van der Waals surface area contributed by atoms with Gasteiger partial charge in [0.25, 0.3) is 0 Å². The fourth-order valence-corrected chi connectivity index (χ4v) is 10.5. The molecule has 0 unspecified atom stereocenters. The quantitative estimate of drug-likeness (QED) is 0.563. The van der Waals surface area contributed by atoms with Crippen LogP contribution in [0.5, 0.6) is 0 Å². The van der Waals surface area contributed by atoms with Gasteiger partial charge in [-0.25, -0.2) is 9.97 Å². The normalized spacial score (nSPS) is 41.6. The lowest BCUT2D eigenvalue weighted by Gasteiger charge is -2.56. The van der Waals surface area contributed by atoms with E-state index < -0.39 is 0 Å². The van der Waals surface area contributed by atoms with E-state index in [1.54, 1.807) is 12.5 Å². The van der Waals surface area contributed by atoms with E-state index in [1.807, 2.05) is 12.1 Å². The van der Waals surface area contributed by atoms with Crippen LogP contribution >= 0.6 is 0 Å². The van der Waals surface area contributed by atoms with Crippen molar-refractivity contribution in [3.05, 3.63) is 24.7 Å². The third-order valence-corrected chi connectivity index (χ3v) is 11.2. The lowest BCUT2D eigenvalue weighted by atomic mass is 9.49. The first-order valence-corrected chi connectivity index (χ1v) is 14.3. The van der Waals surface area contributed by atoms with Crippen LogP contribution in [0, 0.1) is 46.3 Å². The van der Waals surface area contributed by atoms with Crippen molar-refractivity contribution in [1.29, 1.82) is 0 Å². The molecule has 8 aliphatic rings. The summed E-state index contributed by atoms with van der Waals surface area (Å²) < 4.78 is 0. The Labute approximate surface area is 212 Å². The molecule has 8 saturated carbocycles. The second-order valence-electron chi connectivity index (χ2n) is 13.8. The summed E-state index contributed by atoms with van der Waals surface area (Å²) in [6, 6.07) is 3.90. The van der Waals surface area contributed by atoms with Gasteiger partial charge in [0, 0.05) is 11.6 Å². The minimum Gasteiger partial charge on any atom is -0.324 e. The van der Waals surface area contributed by atoms with Gasteiger partial charge in [-0.2, -0.15) is 0 Å². The van der Waals surface area contributed by atoms with Crippen molar-refractivity contribution >= 4 is 34.1 Å². The number of nitrogens with zero attached hydrogens (tertiary/aromatic N) is 2.